The van der Waals surface area contributed by atoms with E-state index in [1.54, 1.807) is 7.11 Å². The lowest BCUT2D eigenvalue weighted by atomic mass is 10.4. The Morgan fingerprint density at radius 2 is 2.10 bits per heavy atom. The highest BCUT2D eigenvalue weighted by atomic mass is 32.2. The Labute approximate surface area is 117 Å². The number of sulfonamides is 1. The minimum atomic E-state index is -3.80. The Morgan fingerprint density at radius 3 is 2.65 bits per heavy atom. The highest BCUT2D eigenvalue weighted by Crippen LogP contribution is 2.18. The first-order valence-corrected chi connectivity index (χ1v) is 7.55. The molecule has 0 aromatic carbocycles. The van der Waals surface area contributed by atoms with E-state index in [-0.39, 0.29) is 22.9 Å². The molecule has 0 saturated carbocycles. The molecule has 1 rings (SSSR count). The summed E-state index contributed by atoms with van der Waals surface area (Å²) in [6.45, 7) is 3.65. The SMILES string of the molecule is COCCCNC(=O)CNS(=O)(=O)c1c(C)noc1C. The Morgan fingerprint density at radius 1 is 1.40 bits per heavy atom. The molecule has 8 nitrogen and oxygen atoms in total. The topological polar surface area (TPSA) is 111 Å². The van der Waals surface area contributed by atoms with Crippen molar-refractivity contribution in [1.29, 1.82) is 0 Å². The van der Waals surface area contributed by atoms with Crippen LogP contribution >= 0.6 is 0 Å². The highest BCUT2D eigenvalue weighted by molar-refractivity contribution is 7.89. The largest absolute Gasteiger partial charge is 0.385 e. The van der Waals surface area contributed by atoms with Gasteiger partial charge in [-0.2, -0.15) is 0 Å². The maximum Gasteiger partial charge on any atom is 0.246 e. The number of rotatable bonds is 8. The summed E-state index contributed by atoms with van der Waals surface area (Å²) >= 11 is 0. The number of nitrogens with one attached hydrogen (secondary N) is 2. The lowest BCUT2D eigenvalue weighted by molar-refractivity contribution is -0.120. The number of aryl methyl sites for hydroxylation is 2. The fraction of sp³-hybridized carbons (Fsp3) is 0.636. The zero-order valence-electron chi connectivity index (χ0n) is 11.7. The van der Waals surface area contributed by atoms with Gasteiger partial charge in [-0.25, -0.2) is 13.1 Å². The van der Waals surface area contributed by atoms with Gasteiger partial charge in [0.15, 0.2) is 5.76 Å². The average molecular weight is 305 g/mol. The Hall–Kier alpha value is -1.45. The lowest BCUT2D eigenvalue weighted by Gasteiger charge is -2.07. The van der Waals surface area contributed by atoms with Gasteiger partial charge in [0.2, 0.25) is 15.9 Å². The normalized spacial score (nSPS) is 11.6. The average Bonchev–Trinajstić information content (AvgIpc) is 2.72. The van der Waals surface area contributed by atoms with Crippen LogP contribution in [0, 0.1) is 13.8 Å². The predicted molar refractivity (Wildman–Crippen MR) is 70.7 cm³/mol. The number of methoxy groups -OCH3 is 1. The van der Waals surface area contributed by atoms with Gasteiger partial charge in [-0.15, -0.1) is 0 Å². The van der Waals surface area contributed by atoms with Crippen molar-refractivity contribution in [3.63, 3.8) is 0 Å². The molecule has 0 atom stereocenters. The van der Waals surface area contributed by atoms with Gasteiger partial charge in [0, 0.05) is 20.3 Å². The van der Waals surface area contributed by atoms with Crippen LogP contribution in [0.4, 0.5) is 0 Å². The van der Waals surface area contributed by atoms with Crippen LogP contribution in [-0.4, -0.2) is 46.3 Å². The van der Waals surface area contributed by atoms with Gasteiger partial charge in [0.05, 0.1) is 6.54 Å². The number of carbonyl (C=O) groups is 1. The van der Waals surface area contributed by atoms with Crippen molar-refractivity contribution < 1.29 is 22.5 Å². The molecule has 114 valence electrons. The smallest absolute Gasteiger partial charge is 0.246 e. The van der Waals surface area contributed by atoms with E-state index >= 15 is 0 Å². The van der Waals surface area contributed by atoms with Gasteiger partial charge in [-0.3, -0.25) is 4.79 Å². The molecule has 0 saturated heterocycles. The number of ether oxygens (including phenoxy) is 1. The summed E-state index contributed by atoms with van der Waals surface area (Å²) in [5.41, 5.74) is 0.260. The molecule has 1 heterocycles. The molecule has 1 aromatic heterocycles. The van der Waals surface area contributed by atoms with Crippen molar-refractivity contribution >= 4 is 15.9 Å². The Bertz CT molecular complexity index is 533. The van der Waals surface area contributed by atoms with E-state index in [4.69, 9.17) is 9.26 Å². The fourth-order valence-electron chi connectivity index (χ4n) is 1.60. The second-order valence-corrected chi connectivity index (χ2v) is 5.88. The van der Waals surface area contributed by atoms with Gasteiger partial charge in [-0.1, -0.05) is 5.16 Å². The van der Waals surface area contributed by atoms with Crippen LogP contribution in [0.15, 0.2) is 9.42 Å². The van der Waals surface area contributed by atoms with Crippen LogP contribution in [0.5, 0.6) is 0 Å². The molecule has 1 aromatic rings. The summed E-state index contributed by atoms with van der Waals surface area (Å²) in [4.78, 5) is 11.5. The van der Waals surface area contributed by atoms with E-state index in [0.29, 0.717) is 19.6 Å². The quantitative estimate of drug-likeness (QED) is 0.639. The molecule has 0 spiro atoms. The van der Waals surface area contributed by atoms with Crippen LogP contribution in [0.1, 0.15) is 17.9 Å². The van der Waals surface area contributed by atoms with Gasteiger partial charge in [0.25, 0.3) is 0 Å². The molecule has 1 amide bonds. The van der Waals surface area contributed by atoms with Gasteiger partial charge in [0.1, 0.15) is 10.6 Å². The Kier molecular flexibility index (Phi) is 6.11. The minimum Gasteiger partial charge on any atom is -0.385 e. The molecule has 0 fully saturated rings. The molecule has 0 aliphatic rings. The molecule has 0 aliphatic carbocycles. The van der Waals surface area contributed by atoms with Crippen LogP contribution in [0.25, 0.3) is 0 Å². The van der Waals surface area contributed by atoms with E-state index in [2.05, 4.69) is 15.2 Å². The van der Waals surface area contributed by atoms with Crippen molar-refractivity contribution in [1.82, 2.24) is 15.2 Å². The summed E-state index contributed by atoms with van der Waals surface area (Å²) in [6, 6.07) is 0. The van der Waals surface area contributed by atoms with Crippen LogP contribution in [-0.2, 0) is 19.6 Å². The molecule has 20 heavy (non-hydrogen) atoms. The third-order valence-corrected chi connectivity index (χ3v) is 4.15. The maximum atomic E-state index is 12.0. The zero-order valence-corrected chi connectivity index (χ0v) is 12.5. The number of amides is 1. The molecule has 9 heteroatoms. The minimum absolute atomic E-state index is 0.0234. The number of aromatic nitrogens is 1. The third-order valence-electron chi connectivity index (χ3n) is 2.51. The van der Waals surface area contributed by atoms with Crippen LogP contribution in [0.2, 0.25) is 0 Å². The first-order valence-electron chi connectivity index (χ1n) is 6.06. The van der Waals surface area contributed by atoms with E-state index in [1.807, 2.05) is 0 Å². The van der Waals surface area contributed by atoms with Crippen molar-refractivity contribution in [3.05, 3.63) is 11.5 Å². The maximum absolute atomic E-state index is 12.0. The zero-order chi connectivity index (χ0) is 15.2. The van der Waals surface area contributed by atoms with Crippen LogP contribution < -0.4 is 10.0 Å². The van der Waals surface area contributed by atoms with E-state index < -0.39 is 15.9 Å². The number of nitrogens with zero attached hydrogens (tertiary/aromatic N) is 1. The molecular weight excluding hydrogens is 286 g/mol. The van der Waals surface area contributed by atoms with Crippen molar-refractivity contribution in [3.8, 4) is 0 Å². The van der Waals surface area contributed by atoms with Crippen LogP contribution in [0.3, 0.4) is 0 Å². The van der Waals surface area contributed by atoms with Gasteiger partial charge >= 0.3 is 0 Å². The molecular formula is C11H19N3O5S. The molecule has 0 aliphatic heterocycles. The first-order chi connectivity index (χ1) is 9.38. The molecule has 0 unspecified atom stereocenters. The second kappa shape index (κ2) is 7.36. The van der Waals surface area contributed by atoms with Crippen molar-refractivity contribution in [2.45, 2.75) is 25.2 Å². The summed E-state index contributed by atoms with van der Waals surface area (Å²) in [6.07, 6.45) is 0.666. The summed E-state index contributed by atoms with van der Waals surface area (Å²) in [5.74, 6) is -0.216. The van der Waals surface area contributed by atoms with E-state index in [1.165, 1.54) is 13.8 Å². The Balaban J connectivity index is 2.50. The fourth-order valence-corrected chi connectivity index (χ4v) is 2.91. The third kappa shape index (κ3) is 4.58. The lowest BCUT2D eigenvalue weighted by Crippen LogP contribution is -2.37. The monoisotopic (exact) mass is 305 g/mol. The molecule has 0 radical (unpaired) electrons. The summed E-state index contributed by atoms with van der Waals surface area (Å²) in [5, 5.41) is 6.15. The van der Waals surface area contributed by atoms with Crippen molar-refractivity contribution in [2.24, 2.45) is 0 Å². The number of hydrogen-bond donors (Lipinski definition) is 2. The standard InChI is InChI=1S/C11H19N3O5S/c1-8-11(9(2)19-14-8)20(16,17)13-7-10(15)12-5-4-6-18-3/h13H,4-7H2,1-3H3,(H,12,15). The van der Waals surface area contributed by atoms with Crippen molar-refractivity contribution in [2.75, 3.05) is 26.8 Å². The molecule has 0 bridgehead atoms. The number of hydrogen-bond acceptors (Lipinski definition) is 6. The number of carbonyl (C=O) groups excluding carboxylic acids is 1. The highest BCUT2D eigenvalue weighted by Gasteiger charge is 2.24. The summed E-state index contributed by atoms with van der Waals surface area (Å²) < 4.78 is 35.9. The van der Waals surface area contributed by atoms with E-state index in [0.717, 1.165) is 0 Å². The summed E-state index contributed by atoms with van der Waals surface area (Å²) in [7, 11) is -2.23. The molecule has 2 N–H and O–H groups in total. The van der Waals surface area contributed by atoms with E-state index in [9.17, 15) is 13.2 Å². The first kappa shape index (κ1) is 16.6. The second-order valence-electron chi connectivity index (χ2n) is 4.17. The predicted octanol–water partition coefficient (Wildman–Crippen LogP) is -0.278. The van der Waals surface area contributed by atoms with Gasteiger partial charge in [-0.05, 0) is 20.3 Å². The van der Waals surface area contributed by atoms with Gasteiger partial charge < -0.3 is 14.6 Å².